The molecule has 0 aliphatic heterocycles. The summed E-state index contributed by atoms with van der Waals surface area (Å²) in [4.78, 5) is 35.1. The lowest BCUT2D eigenvalue weighted by atomic mass is 10.1. The van der Waals surface area contributed by atoms with Crippen molar-refractivity contribution in [3.63, 3.8) is 0 Å². The van der Waals surface area contributed by atoms with Crippen LogP contribution < -0.4 is 9.46 Å². The lowest BCUT2D eigenvalue weighted by molar-refractivity contribution is -0.144. The fourth-order valence-electron chi connectivity index (χ4n) is 2.56. The highest BCUT2D eigenvalue weighted by atomic mass is 32.2. The Bertz CT molecular complexity index is 1040. The Labute approximate surface area is 182 Å². The summed E-state index contributed by atoms with van der Waals surface area (Å²) < 4.78 is 47.9. The van der Waals surface area contributed by atoms with Gasteiger partial charge in [-0.3, -0.25) is 19.0 Å². The second-order valence-electron chi connectivity index (χ2n) is 5.99. The van der Waals surface area contributed by atoms with E-state index in [1.165, 1.54) is 50.9 Å². The monoisotopic (exact) mass is 475 g/mol. The molecular formula is C17H21N3O9S2. The summed E-state index contributed by atoms with van der Waals surface area (Å²) in [5, 5.41) is 5.34. The van der Waals surface area contributed by atoms with Crippen LogP contribution in [0.4, 0.5) is 5.69 Å². The van der Waals surface area contributed by atoms with Crippen molar-refractivity contribution >= 4 is 45.0 Å². The third-order valence-electron chi connectivity index (χ3n) is 4.06. The van der Waals surface area contributed by atoms with Gasteiger partial charge >= 0.3 is 17.9 Å². The number of aromatic nitrogens is 2. The quantitative estimate of drug-likeness (QED) is 0.392. The molecule has 2 rings (SSSR count). The van der Waals surface area contributed by atoms with Crippen LogP contribution in [0.1, 0.15) is 29.2 Å². The number of methoxy groups -OCH3 is 4. The highest BCUT2D eigenvalue weighted by Gasteiger charge is 2.29. The van der Waals surface area contributed by atoms with Crippen molar-refractivity contribution in [1.29, 1.82) is 0 Å². The third kappa shape index (κ3) is 5.73. The van der Waals surface area contributed by atoms with E-state index >= 15 is 0 Å². The van der Waals surface area contributed by atoms with Crippen LogP contribution in [0.5, 0.6) is 5.75 Å². The molecule has 12 nitrogen and oxygen atoms in total. The van der Waals surface area contributed by atoms with Gasteiger partial charge in [-0.15, -0.1) is 11.3 Å². The van der Waals surface area contributed by atoms with E-state index < -0.39 is 34.0 Å². The average molecular weight is 476 g/mol. The molecule has 0 saturated heterocycles. The molecule has 0 aliphatic rings. The smallest absolute Gasteiger partial charge is 0.342 e. The van der Waals surface area contributed by atoms with E-state index in [0.29, 0.717) is 0 Å². The zero-order chi connectivity index (χ0) is 23.2. The van der Waals surface area contributed by atoms with E-state index in [0.717, 1.165) is 11.3 Å². The Morgan fingerprint density at radius 1 is 1.10 bits per heavy atom. The molecule has 0 unspecified atom stereocenters. The van der Waals surface area contributed by atoms with Gasteiger partial charge in [0.15, 0.2) is 9.96 Å². The first-order valence-corrected chi connectivity index (χ1v) is 11.0. The van der Waals surface area contributed by atoms with Crippen molar-refractivity contribution in [2.75, 3.05) is 33.2 Å². The first kappa shape index (κ1) is 24.1. The molecule has 0 bridgehead atoms. The Morgan fingerprint density at radius 3 is 2.23 bits per heavy atom. The number of hydrogen-bond donors (Lipinski definition) is 1. The number of esters is 3. The predicted molar refractivity (Wildman–Crippen MR) is 108 cm³/mol. The third-order valence-corrected chi connectivity index (χ3v) is 6.93. The first-order chi connectivity index (χ1) is 14.7. The lowest BCUT2D eigenvalue weighted by Crippen LogP contribution is -2.19. The molecule has 2 heterocycles. The molecule has 170 valence electrons. The number of rotatable bonds is 10. The molecule has 0 spiro atoms. The minimum Gasteiger partial charge on any atom is -0.493 e. The Hall–Kier alpha value is -3.13. The van der Waals surface area contributed by atoms with Crippen LogP contribution in [0.15, 0.2) is 22.0 Å². The number of hydrogen-bond acceptors (Lipinski definition) is 11. The molecule has 0 radical (unpaired) electrons. The van der Waals surface area contributed by atoms with Crippen molar-refractivity contribution in [3.05, 3.63) is 23.3 Å². The average Bonchev–Trinajstić information content (AvgIpc) is 3.39. The number of nitrogens with zero attached hydrogens (tertiary/aromatic N) is 2. The largest absolute Gasteiger partial charge is 0.493 e. The zero-order valence-corrected chi connectivity index (χ0v) is 18.7. The summed E-state index contributed by atoms with van der Waals surface area (Å²) in [7, 11) is 0.663. The molecule has 0 saturated carbocycles. The highest BCUT2D eigenvalue weighted by Crippen LogP contribution is 2.36. The summed E-state index contributed by atoms with van der Waals surface area (Å²) in [5.74, 6) is -2.04. The van der Waals surface area contributed by atoms with Gasteiger partial charge in [0.1, 0.15) is 5.56 Å². The van der Waals surface area contributed by atoms with Gasteiger partial charge in [0.25, 0.3) is 10.0 Å². The lowest BCUT2D eigenvalue weighted by Gasteiger charge is -2.15. The molecular weight excluding hydrogens is 454 g/mol. The predicted octanol–water partition coefficient (Wildman–Crippen LogP) is 1.21. The number of anilines is 1. The summed E-state index contributed by atoms with van der Waals surface area (Å²) in [5.41, 5.74) is 0.0390. The molecule has 0 aromatic carbocycles. The van der Waals surface area contributed by atoms with Gasteiger partial charge in [0.05, 0.1) is 59.2 Å². The molecule has 1 N–H and O–H groups in total. The number of ether oxygens (including phenoxy) is 4. The van der Waals surface area contributed by atoms with Crippen molar-refractivity contribution in [2.45, 2.75) is 23.1 Å². The molecule has 0 atom stereocenters. The maximum atomic E-state index is 12.8. The van der Waals surface area contributed by atoms with Gasteiger partial charge in [0.2, 0.25) is 0 Å². The molecule has 14 heteroatoms. The van der Waals surface area contributed by atoms with Gasteiger partial charge < -0.3 is 18.9 Å². The summed E-state index contributed by atoms with van der Waals surface area (Å²) in [6, 6.07) is -0.750. The van der Waals surface area contributed by atoms with Crippen LogP contribution in [-0.2, 0) is 33.8 Å². The molecule has 31 heavy (non-hydrogen) atoms. The molecule has 0 fully saturated rings. The second kappa shape index (κ2) is 10.3. The van der Waals surface area contributed by atoms with Gasteiger partial charge in [0, 0.05) is 11.6 Å². The van der Waals surface area contributed by atoms with Crippen molar-refractivity contribution in [2.24, 2.45) is 0 Å². The van der Waals surface area contributed by atoms with Gasteiger partial charge in [-0.1, -0.05) is 0 Å². The number of carbonyl (C=O) groups excluding carboxylic acids is 3. The SMILES string of the molecule is COC(=O)CC(CC(=O)OC)n1cc(NS(=O)(=O)c2scc(C(=O)OC)c2OC)cn1. The Morgan fingerprint density at radius 2 is 1.71 bits per heavy atom. The minimum atomic E-state index is -4.15. The fraction of sp³-hybridized carbons (Fsp3) is 0.412. The number of sulfonamides is 1. The number of carbonyl (C=O) groups is 3. The molecule has 0 amide bonds. The van der Waals surface area contributed by atoms with E-state index in [9.17, 15) is 22.8 Å². The topological polar surface area (TPSA) is 152 Å². The van der Waals surface area contributed by atoms with E-state index in [1.807, 2.05) is 0 Å². The van der Waals surface area contributed by atoms with Crippen molar-refractivity contribution < 1.29 is 41.7 Å². The van der Waals surface area contributed by atoms with Crippen LogP contribution in [0.3, 0.4) is 0 Å². The van der Waals surface area contributed by atoms with Crippen LogP contribution in [0.2, 0.25) is 0 Å². The van der Waals surface area contributed by atoms with Crippen molar-refractivity contribution in [3.8, 4) is 5.75 Å². The normalized spacial score (nSPS) is 11.1. The van der Waals surface area contributed by atoms with Crippen LogP contribution >= 0.6 is 11.3 Å². The zero-order valence-electron chi connectivity index (χ0n) is 17.1. The Kier molecular flexibility index (Phi) is 7.99. The van der Waals surface area contributed by atoms with E-state index in [2.05, 4.69) is 24.0 Å². The van der Waals surface area contributed by atoms with Crippen LogP contribution in [0.25, 0.3) is 0 Å². The Balaban J connectivity index is 2.29. The fourth-order valence-corrected chi connectivity index (χ4v) is 5.01. The van der Waals surface area contributed by atoms with E-state index in [4.69, 9.17) is 4.74 Å². The number of nitrogens with one attached hydrogen (secondary N) is 1. The molecule has 2 aromatic heterocycles. The first-order valence-electron chi connectivity index (χ1n) is 8.61. The van der Waals surface area contributed by atoms with Gasteiger partial charge in [-0.05, 0) is 0 Å². The molecule has 0 aliphatic carbocycles. The second-order valence-corrected chi connectivity index (χ2v) is 8.75. The van der Waals surface area contributed by atoms with Gasteiger partial charge in [-0.25, -0.2) is 13.2 Å². The summed E-state index contributed by atoms with van der Waals surface area (Å²) >= 11 is 0.781. The molecule has 2 aromatic rings. The van der Waals surface area contributed by atoms with Crippen LogP contribution in [-0.4, -0.2) is 64.5 Å². The number of thiophene rings is 1. The van der Waals surface area contributed by atoms with Gasteiger partial charge in [-0.2, -0.15) is 5.10 Å². The maximum absolute atomic E-state index is 12.8. The summed E-state index contributed by atoms with van der Waals surface area (Å²) in [6.07, 6.45) is 2.16. The standard InChI is InChI=1S/C17H21N3O9S2/c1-26-13(21)5-11(6-14(22)27-2)20-8-10(7-18-20)19-31(24,25)17-15(28-3)12(9-30-17)16(23)29-4/h7-9,11,19H,5-6H2,1-4H3. The maximum Gasteiger partial charge on any atom is 0.342 e. The minimum absolute atomic E-state index is 0.0257. The highest BCUT2D eigenvalue weighted by molar-refractivity contribution is 7.94. The van der Waals surface area contributed by atoms with E-state index in [1.54, 1.807) is 0 Å². The van der Waals surface area contributed by atoms with Crippen molar-refractivity contribution in [1.82, 2.24) is 9.78 Å². The summed E-state index contributed by atoms with van der Waals surface area (Å²) in [6.45, 7) is 0. The van der Waals surface area contributed by atoms with Crippen LogP contribution in [0, 0.1) is 0 Å². The van der Waals surface area contributed by atoms with E-state index in [-0.39, 0.29) is 34.1 Å².